The zero-order valence-electron chi connectivity index (χ0n) is 16.2. The summed E-state index contributed by atoms with van der Waals surface area (Å²) in [7, 11) is 1.55. The van der Waals surface area contributed by atoms with Crippen LogP contribution >= 0.6 is 11.3 Å². The summed E-state index contributed by atoms with van der Waals surface area (Å²) < 4.78 is 19.6. The summed E-state index contributed by atoms with van der Waals surface area (Å²) in [4.78, 5) is 41.4. The van der Waals surface area contributed by atoms with E-state index in [9.17, 15) is 18.8 Å². The molecule has 0 saturated carbocycles. The maximum absolute atomic E-state index is 13.5. The summed E-state index contributed by atoms with van der Waals surface area (Å²) in [5, 5.41) is 2.11. The Kier molecular flexibility index (Phi) is 5.09. The number of rotatable bonds is 5. The van der Waals surface area contributed by atoms with E-state index < -0.39 is 29.4 Å². The molecule has 0 bridgehead atoms. The summed E-state index contributed by atoms with van der Waals surface area (Å²) in [6.45, 7) is 1.10. The minimum absolute atomic E-state index is 0.235. The predicted octanol–water partition coefficient (Wildman–Crippen LogP) is 3.76. The quantitative estimate of drug-likeness (QED) is 0.495. The number of carbonyl (C=O) groups is 1. The third kappa shape index (κ3) is 3.46. The number of aromatic nitrogens is 2. The van der Waals surface area contributed by atoms with E-state index in [0.717, 1.165) is 10.1 Å². The number of methoxy groups -OCH3 is 1. The van der Waals surface area contributed by atoms with Gasteiger partial charge in [0.05, 0.1) is 19.0 Å². The van der Waals surface area contributed by atoms with Crippen molar-refractivity contribution in [3.8, 4) is 16.9 Å². The number of nitrogens with one attached hydrogen (secondary N) is 1. The molecule has 1 N–H and O–H groups in total. The summed E-state index contributed by atoms with van der Waals surface area (Å²) >= 11 is 1.24. The monoisotopic (exact) mass is 424 g/mol. The van der Waals surface area contributed by atoms with Gasteiger partial charge in [-0.25, -0.2) is 9.18 Å². The first-order chi connectivity index (χ1) is 14.4. The SMILES string of the molecule is COc1cccc(-c2csc3[nH]c(=O)n(CC(=O)c4ccc(F)c(C)c4)c(=O)c23)c1. The third-order valence-corrected chi connectivity index (χ3v) is 5.77. The van der Waals surface area contributed by atoms with Crippen molar-refractivity contribution in [2.75, 3.05) is 7.11 Å². The lowest BCUT2D eigenvalue weighted by Gasteiger charge is -2.07. The number of H-pyrrole nitrogens is 1. The summed E-state index contributed by atoms with van der Waals surface area (Å²) in [6, 6.07) is 11.2. The van der Waals surface area contributed by atoms with Crippen molar-refractivity contribution < 1.29 is 13.9 Å². The maximum atomic E-state index is 13.5. The molecular formula is C22H17FN2O4S. The van der Waals surface area contributed by atoms with Gasteiger partial charge < -0.3 is 4.74 Å². The number of hydrogen-bond donors (Lipinski definition) is 1. The van der Waals surface area contributed by atoms with Gasteiger partial charge in [0, 0.05) is 16.5 Å². The number of halogens is 1. The van der Waals surface area contributed by atoms with Crippen molar-refractivity contribution in [3.63, 3.8) is 0 Å². The standard InChI is InChI=1S/C22H17FN2O4S/c1-12-8-14(6-7-17(12)23)18(26)10-25-21(27)19-16(11-30-20(19)24-22(25)28)13-4-3-5-15(9-13)29-2/h3-9,11H,10H2,1-2H3,(H,24,28). The lowest BCUT2D eigenvalue weighted by Crippen LogP contribution is -2.37. The van der Waals surface area contributed by atoms with Gasteiger partial charge in [-0.1, -0.05) is 12.1 Å². The van der Waals surface area contributed by atoms with Crippen molar-refractivity contribution >= 4 is 27.3 Å². The minimum atomic E-state index is -0.668. The number of hydrogen-bond acceptors (Lipinski definition) is 5. The highest BCUT2D eigenvalue weighted by atomic mass is 32.1. The average Bonchev–Trinajstić information content (AvgIpc) is 3.16. The summed E-state index contributed by atoms with van der Waals surface area (Å²) in [6.07, 6.45) is 0. The van der Waals surface area contributed by atoms with Crippen LogP contribution in [0, 0.1) is 12.7 Å². The van der Waals surface area contributed by atoms with Gasteiger partial charge in [0.2, 0.25) is 0 Å². The maximum Gasteiger partial charge on any atom is 0.329 e. The molecule has 0 fully saturated rings. The van der Waals surface area contributed by atoms with Gasteiger partial charge in [0.15, 0.2) is 5.78 Å². The minimum Gasteiger partial charge on any atom is -0.497 e. The van der Waals surface area contributed by atoms with E-state index in [0.29, 0.717) is 27.1 Å². The van der Waals surface area contributed by atoms with Gasteiger partial charge in [0.1, 0.15) is 16.4 Å². The highest BCUT2D eigenvalue weighted by Crippen LogP contribution is 2.32. The Balaban J connectivity index is 1.81. The zero-order chi connectivity index (χ0) is 21.4. The average molecular weight is 424 g/mol. The number of aromatic amines is 1. The first-order valence-electron chi connectivity index (χ1n) is 9.07. The molecule has 0 aliphatic rings. The van der Waals surface area contributed by atoms with E-state index in [1.807, 2.05) is 12.1 Å². The molecule has 0 radical (unpaired) electrons. The normalized spacial score (nSPS) is 11.0. The van der Waals surface area contributed by atoms with Crippen LogP contribution in [0.15, 0.2) is 57.4 Å². The number of aryl methyl sites for hydroxylation is 1. The molecular weight excluding hydrogens is 407 g/mol. The Morgan fingerprint density at radius 3 is 2.73 bits per heavy atom. The van der Waals surface area contributed by atoms with Gasteiger partial charge >= 0.3 is 5.69 Å². The molecule has 0 aliphatic carbocycles. The van der Waals surface area contributed by atoms with Crippen molar-refractivity contribution in [2.45, 2.75) is 13.5 Å². The second kappa shape index (κ2) is 7.72. The number of ether oxygens (including phenoxy) is 1. The molecule has 0 spiro atoms. The molecule has 0 unspecified atom stereocenters. The van der Waals surface area contributed by atoms with Gasteiger partial charge in [-0.15, -0.1) is 11.3 Å². The number of carbonyl (C=O) groups excluding carboxylic acids is 1. The van der Waals surface area contributed by atoms with Gasteiger partial charge in [-0.05, 0) is 48.4 Å². The molecule has 0 saturated heterocycles. The lowest BCUT2D eigenvalue weighted by atomic mass is 10.1. The number of ketones is 1. The first-order valence-corrected chi connectivity index (χ1v) is 9.95. The highest BCUT2D eigenvalue weighted by Gasteiger charge is 2.18. The Bertz CT molecular complexity index is 1400. The van der Waals surface area contributed by atoms with E-state index in [4.69, 9.17) is 4.74 Å². The third-order valence-electron chi connectivity index (χ3n) is 4.88. The van der Waals surface area contributed by atoms with Crippen molar-refractivity contribution in [2.24, 2.45) is 0 Å². The van der Waals surface area contributed by atoms with E-state index in [2.05, 4.69) is 4.98 Å². The Labute approximate surface area is 174 Å². The molecule has 2 heterocycles. The fourth-order valence-electron chi connectivity index (χ4n) is 3.25. The number of fused-ring (bicyclic) bond motifs is 1. The second-order valence-corrected chi connectivity index (χ2v) is 7.67. The number of benzene rings is 2. The van der Waals surface area contributed by atoms with Crippen molar-refractivity contribution in [3.05, 3.63) is 85.6 Å². The molecule has 30 heavy (non-hydrogen) atoms. The second-order valence-electron chi connectivity index (χ2n) is 6.79. The topological polar surface area (TPSA) is 81.2 Å². The Morgan fingerprint density at radius 2 is 2.00 bits per heavy atom. The summed E-state index contributed by atoms with van der Waals surface area (Å²) in [5.41, 5.74) is 0.735. The van der Waals surface area contributed by atoms with Crippen LogP contribution in [0.5, 0.6) is 5.75 Å². The van der Waals surface area contributed by atoms with E-state index in [1.165, 1.54) is 29.5 Å². The molecule has 0 aliphatic heterocycles. The first kappa shape index (κ1) is 19.8. The van der Waals surface area contributed by atoms with Crippen LogP contribution < -0.4 is 16.0 Å². The molecule has 6 nitrogen and oxygen atoms in total. The Morgan fingerprint density at radius 1 is 1.20 bits per heavy atom. The predicted molar refractivity (Wildman–Crippen MR) is 114 cm³/mol. The number of Topliss-reactive ketones (excluding diaryl/α,β-unsaturated/α-hetero) is 1. The zero-order valence-corrected chi connectivity index (χ0v) is 17.0. The van der Waals surface area contributed by atoms with Crippen LogP contribution in [-0.2, 0) is 6.54 Å². The van der Waals surface area contributed by atoms with E-state index >= 15 is 0 Å². The van der Waals surface area contributed by atoms with Crippen molar-refractivity contribution in [1.82, 2.24) is 9.55 Å². The molecule has 4 rings (SSSR count). The fourth-order valence-corrected chi connectivity index (χ4v) is 4.20. The lowest BCUT2D eigenvalue weighted by molar-refractivity contribution is 0.0969. The molecule has 8 heteroatoms. The summed E-state index contributed by atoms with van der Waals surface area (Å²) in [5.74, 6) is -0.245. The molecule has 4 aromatic rings. The molecule has 0 atom stereocenters. The fraction of sp³-hybridized carbons (Fsp3) is 0.136. The van der Waals surface area contributed by atoms with E-state index in [1.54, 1.807) is 31.5 Å². The number of thiophene rings is 1. The highest BCUT2D eigenvalue weighted by molar-refractivity contribution is 7.17. The van der Waals surface area contributed by atoms with Crippen LogP contribution in [0.3, 0.4) is 0 Å². The van der Waals surface area contributed by atoms with Gasteiger partial charge in [0.25, 0.3) is 5.56 Å². The molecule has 0 amide bonds. The molecule has 152 valence electrons. The van der Waals surface area contributed by atoms with Crippen molar-refractivity contribution in [1.29, 1.82) is 0 Å². The van der Waals surface area contributed by atoms with Crippen LogP contribution in [0.2, 0.25) is 0 Å². The largest absolute Gasteiger partial charge is 0.497 e. The molecule has 2 aromatic heterocycles. The number of nitrogens with zero attached hydrogens (tertiary/aromatic N) is 1. The van der Waals surface area contributed by atoms with Crippen LogP contribution in [0.1, 0.15) is 15.9 Å². The Hall–Kier alpha value is -3.52. The van der Waals surface area contributed by atoms with Crippen LogP contribution in [0.4, 0.5) is 4.39 Å². The van der Waals surface area contributed by atoms with E-state index in [-0.39, 0.29) is 5.56 Å². The van der Waals surface area contributed by atoms with Crippen LogP contribution in [-0.4, -0.2) is 22.4 Å². The van der Waals surface area contributed by atoms with Crippen LogP contribution in [0.25, 0.3) is 21.3 Å². The van der Waals surface area contributed by atoms with Gasteiger partial charge in [-0.2, -0.15) is 0 Å². The van der Waals surface area contributed by atoms with Gasteiger partial charge in [-0.3, -0.25) is 19.1 Å². The molecule has 2 aromatic carbocycles. The smallest absolute Gasteiger partial charge is 0.329 e.